The van der Waals surface area contributed by atoms with Crippen molar-refractivity contribution >= 4 is 17.5 Å². The SMILES string of the molecule is COC1=C(OC)C(=O)C(CC=C(C)CCC(=O)O)=C(C)C1=O. The Morgan fingerprint density at radius 1 is 1.09 bits per heavy atom. The van der Waals surface area contributed by atoms with Gasteiger partial charge in [-0.15, -0.1) is 0 Å². The Kier molecular flexibility index (Phi) is 6.10. The van der Waals surface area contributed by atoms with Crippen LogP contribution in [0, 0.1) is 0 Å². The lowest BCUT2D eigenvalue weighted by atomic mass is 9.90. The molecule has 6 nitrogen and oxygen atoms in total. The maximum absolute atomic E-state index is 12.4. The number of rotatable bonds is 7. The van der Waals surface area contributed by atoms with E-state index >= 15 is 0 Å². The van der Waals surface area contributed by atoms with Gasteiger partial charge in [-0.1, -0.05) is 11.6 Å². The lowest BCUT2D eigenvalue weighted by Gasteiger charge is -2.19. The molecule has 0 atom stereocenters. The minimum absolute atomic E-state index is 0.0320. The van der Waals surface area contributed by atoms with Crippen molar-refractivity contribution in [1.29, 1.82) is 0 Å². The van der Waals surface area contributed by atoms with Crippen molar-refractivity contribution < 1.29 is 29.0 Å². The van der Waals surface area contributed by atoms with Crippen molar-refractivity contribution in [2.45, 2.75) is 33.1 Å². The quantitative estimate of drug-likeness (QED) is 0.572. The Hall–Kier alpha value is -2.37. The van der Waals surface area contributed by atoms with Crippen molar-refractivity contribution in [1.82, 2.24) is 0 Å². The molecule has 0 aromatic carbocycles. The molecule has 0 amide bonds. The van der Waals surface area contributed by atoms with Gasteiger partial charge in [-0.3, -0.25) is 14.4 Å². The van der Waals surface area contributed by atoms with Crippen LogP contribution < -0.4 is 0 Å². The van der Waals surface area contributed by atoms with E-state index in [1.807, 2.05) is 0 Å². The zero-order valence-corrected chi connectivity index (χ0v) is 13.2. The molecule has 0 unspecified atom stereocenters. The number of Topliss-reactive ketones (excluding diaryl/α,β-unsaturated/α-hetero) is 2. The third-order valence-electron chi connectivity index (χ3n) is 3.48. The number of carboxylic acid groups (broad SMARTS) is 1. The van der Waals surface area contributed by atoms with Crippen LogP contribution in [0.4, 0.5) is 0 Å². The van der Waals surface area contributed by atoms with Crippen LogP contribution in [0.3, 0.4) is 0 Å². The molecular weight excluding hydrogens is 288 g/mol. The second-order valence-electron chi connectivity index (χ2n) is 4.98. The largest absolute Gasteiger partial charge is 0.489 e. The average molecular weight is 308 g/mol. The van der Waals surface area contributed by atoms with Crippen molar-refractivity contribution in [2.24, 2.45) is 0 Å². The van der Waals surface area contributed by atoms with E-state index in [0.717, 1.165) is 5.57 Å². The van der Waals surface area contributed by atoms with E-state index in [4.69, 9.17) is 14.6 Å². The van der Waals surface area contributed by atoms with E-state index in [2.05, 4.69) is 0 Å². The van der Waals surface area contributed by atoms with Crippen LogP contribution in [0.2, 0.25) is 0 Å². The Bertz CT molecular complexity index is 592. The lowest BCUT2D eigenvalue weighted by Crippen LogP contribution is -2.24. The molecule has 0 fully saturated rings. The third-order valence-corrected chi connectivity index (χ3v) is 3.48. The zero-order chi connectivity index (χ0) is 16.9. The monoisotopic (exact) mass is 308 g/mol. The molecule has 6 heteroatoms. The molecular formula is C16H20O6. The summed E-state index contributed by atoms with van der Waals surface area (Å²) < 4.78 is 9.95. The predicted molar refractivity (Wildman–Crippen MR) is 79.0 cm³/mol. The summed E-state index contributed by atoms with van der Waals surface area (Å²) in [7, 11) is 2.62. The Balaban J connectivity index is 2.98. The Morgan fingerprint density at radius 3 is 2.14 bits per heavy atom. The van der Waals surface area contributed by atoms with Gasteiger partial charge in [0.1, 0.15) is 0 Å². The first-order chi connectivity index (χ1) is 10.3. The summed E-state index contributed by atoms with van der Waals surface area (Å²) in [5.74, 6) is -1.80. The molecule has 1 rings (SSSR count). The smallest absolute Gasteiger partial charge is 0.303 e. The van der Waals surface area contributed by atoms with Crippen LogP contribution in [-0.2, 0) is 23.9 Å². The van der Waals surface area contributed by atoms with Crippen LogP contribution >= 0.6 is 0 Å². The molecule has 1 aliphatic rings. The highest BCUT2D eigenvalue weighted by atomic mass is 16.5. The molecule has 1 aliphatic carbocycles. The first-order valence-electron chi connectivity index (χ1n) is 6.82. The Labute approximate surface area is 129 Å². The van der Waals surface area contributed by atoms with Crippen LogP contribution in [0.5, 0.6) is 0 Å². The molecule has 0 aromatic heterocycles. The van der Waals surface area contributed by atoms with Gasteiger partial charge in [0, 0.05) is 17.6 Å². The van der Waals surface area contributed by atoms with Crippen molar-refractivity contribution in [2.75, 3.05) is 14.2 Å². The van der Waals surface area contributed by atoms with E-state index < -0.39 is 5.97 Å². The summed E-state index contributed by atoms with van der Waals surface area (Å²) >= 11 is 0. The molecule has 0 heterocycles. The second kappa shape index (κ2) is 7.59. The fourth-order valence-corrected chi connectivity index (χ4v) is 2.12. The van der Waals surface area contributed by atoms with Crippen LogP contribution in [0.1, 0.15) is 33.1 Å². The van der Waals surface area contributed by atoms with Gasteiger partial charge in [-0.25, -0.2) is 0 Å². The summed E-state index contributed by atoms with van der Waals surface area (Å²) in [5.41, 5.74) is 1.52. The molecule has 1 N–H and O–H groups in total. The van der Waals surface area contributed by atoms with Gasteiger partial charge < -0.3 is 14.6 Å². The van der Waals surface area contributed by atoms with Gasteiger partial charge in [-0.2, -0.15) is 0 Å². The molecule has 120 valence electrons. The first kappa shape index (κ1) is 17.7. The summed E-state index contributed by atoms with van der Waals surface area (Å²) in [6, 6.07) is 0. The molecule has 22 heavy (non-hydrogen) atoms. The number of ether oxygens (including phenoxy) is 2. The topological polar surface area (TPSA) is 89.9 Å². The van der Waals surface area contributed by atoms with Gasteiger partial charge >= 0.3 is 5.97 Å². The summed E-state index contributed by atoms with van der Waals surface area (Å²) in [5, 5.41) is 8.65. The molecule has 0 bridgehead atoms. The van der Waals surface area contributed by atoms with E-state index in [1.54, 1.807) is 19.9 Å². The van der Waals surface area contributed by atoms with Crippen LogP contribution in [0.15, 0.2) is 34.3 Å². The highest BCUT2D eigenvalue weighted by Crippen LogP contribution is 2.28. The van der Waals surface area contributed by atoms with E-state index in [1.165, 1.54) is 14.2 Å². The number of carbonyl (C=O) groups is 3. The summed E-state index contributed by atoms with van der Waals surface area (Å²) in [6.07, 6.45) is 2.45. The van der Waals surface area contributed by atoms with Gasteiger partial charge in [0.15, 0.2) is 0 Å². The second-order valence-corrected chi connectivity index (χ2v) is 4.98. The first-order valence-corrected chi connectivity index (χ1v) is 6.82. The number of aliphatic carboxylic acids is 1. The Morgan fingerprint density at radius 2 is 1.64 bits per heavy atom. The van der Waals surface area contributed by atoms with Gasteiger partial charge in [-0.05, 0) is 26.7 Å². The molecule has 0 aliphatic heterocycles. The molecule has 0 aromatic rings. The average Bonchev–Trinajstić information content (AvgIpc) is 2.48. The van der Waals surface area contributed by atoms with E-state index in [0.29, 0.717) is 17.6 Å². The van der Waals surface area contributed by atoms with Crippen LogP contribution in [-0.4, -0.2) is 36.9 Å². The predicted octanol–water partition coefficient (Wildman–Crippen LogP) is 2.16. The van der Waals surface area contributed by atoms with Crippen molar-refractivity contribution in [3.63, 3.8) is 0 Å². The van der Waals surface area contributed by atoms with E-state index in [9.17, 15) is 14.4 Å². The molecule has 0 saturated carbocycles. The number of allylic oxidation sites excluding steroid dienone is 4. The van der Waals surface area contributed by atoms with Crippen molar-refractivity contribution in [3.05, 3.63) is 34.3 Å². The molecule has 0 spiro atoms. The standard InChI is InChI=1S/C16H20O6/c1-9(6-8-12(17)18)5-7-11-10(2)13(19)15(21-3)16(22-4)14(11)20/h5H,6-8H2,1-4H3,(H,17,18). The summed E-state index contributed by atoms with van der Waals surface area (Å²) in [6.45, 7) is 3.36. The highest BCUT2D eigenvalue weighted by molar-refractivity contribution is 6.23. The van der Waals surface area contributed by atoms with Crippen molar-refractivity contribution in [3.8, 4) is 0 Å². The van der Waals surface area contributed by atoms with E-state index in [-0.39, 0.29) is 35.9 Å². The molecule has 0 saturated heterocycles. The van der Waals surface area contributed by atoms with Gasteiger partial charge in [0.25, 0.3) is 0 Å². The molecule has 0 radical (unpaired) electrons. The van der Waals surface area contributed by atoms with Gasteiger partial charge in [0.2, 0.25) is 23.1 Å². The highest BCUT2D eigenvalue weighted by Gasteiger charge is 2.33. The van der Waals surface area contributed by atoms with Crippen LogP contribution in [0.25, 0.3) is 0 Å². The number of methoxy groups -OCH3 is 2. The zero-order valence-electron chi connectivity index (χ0n) is 13.2. The minimum Gasteiger partial charge on any atom is -0.489 e. The number of hydrogen-bond acceptors (Lipinski definition) is 5. The number of carbonyl (C=O) groups excluding carboxylic acids is 2. The number of ketones is 2. The minimum atomic E-state index is -0.874. The lowest BCUT2D eigenvalue weighted by molar-refractivity contribution is -0.137. The maximum Gasteiger partial charge on any atom is 0.303 e. The number of hydrogen-bond donors (Lipinski definition) is 1. The number of carboxylic acids is 1. The third kappa shape index (κ3) is 3.84. The van der Waals surface area contributed by atoms with Gasteiger partial charge in [0.05, 0.1) is 14.2 Å². The fraction of sp³-hybridized carbons (Fsp3) is 0.438. The summed E-state index contributed by atoms with van der Waals surface area (Å²) in [4.78, 5) is 35.1. The normalized spacial score (nSPS) is 16.3. The fourth-order valence-electron chi connectivity index (χ4n) is 2.12. The maximum atomic E-state index is 12.4.